The van der Waals surface area contributed by atoms with Gasteiger partial charge in [-0.2, -0.15) is 5.10 Å². The fraction of sp³-hybridized carbons (Fsp3) is 0.474. The van der Waals surface area contributed by atoms with E-state index < -0.39 is 0 Å². The molecule has 8 heteroatoms. The Balaban J connectivity index is 1.85. The molecule has 4 heterocycles. The number of hydrogen-bond donors (Lipinski definition) is 1. The molecule has 4 rings (SSSR count). The maximum absolute atomic E-state index is 5.67. The number of hydrogen-bond acceptors (Lipinski definition) is 7. The Hall–Kier alpha value is -2.74. The van der Waals surface area contributed by atoms with Gasteiger partial charge in [0.05, 0.1) is 42.4 Å². The molecule has 3 aromatic heterocycles. The van der Waals surface area contributed by atoms with Crippen molar-refractivity contribution >= 4 is 16.7 Å². The molecule has 1 aliphatic rings. The van der Waals surface area contributed by atoms with Crippen LogP contribution >= 0.6 is 0 Å². The Bertz CT molecular complexity index is 933. The monoisotopic (exact) mass is 368 g/mol. The van der Waals surface area contributed by atoms with Crippen molar-refractivity contribution in [1.82, 2.24) is 24.7 Å². The van der Waals surface area contributed by atoms with Crippen LogP contribution in [0.2, 0.25) is 0 Å². The Morgan fingerprint density at radius 1 is 1.37 bits per heavy atom. The lowest BCUT2D eigenvalue weighted by Crippen LogP contribution is -2.20. The molecule has 0 unspecified atom stereocenters. The van der Waals surface area contributed by atoms with Crippen LogP contribution in [0.1, 0.15) is 33.2 Å². The normalized spacial score (nSPS) is 17.0. The number of pyridine rings is 1. The summed E-state index contributed by atoms with van der Waals surface area (Å²) in [6.45, 7) is 8.17. The largest absolute Gasteiger partial charge is 0.477 e. The minimum absolute atomic E-state index is 0.231. The highest BCUT2D eigenvalue weighted by atomic mass is 16.5. The molecular weight excluding hydrogens is 344 g/mol. The summed E-state index contributed by atoms with van der Waals surface area (Å²) >= 11 is 0. The zero-order chi connectivity index (χ0) is 18.8. The third-order valence-corrected chi connectivity index (χ3v) is 4.56. The van der Waals surface area contributed by atoms with Gasteiger partial charge >= 0.3 is 0 Å². The molecule has 1 aliphatic heterocycles. The Labute approximate surface area is 157 Å². The third-order valence-electron chi connectivity index (χ3n) is 4.56. The fourth-order valence-electron chi connectivity index (χ4n) is 3.32. The minimum atomic E-state index is 0.231. The summed E-state index contributed by atoms with van der Waals surface area (Å²) in [5, 5.41) is 8.16. The zero-order valence-corrected chi connectivity index (χ0v) is 15.8. The maximum atomic E-state index is 5.67. The Kier molecular flexibility index (Phi) is 4.89. The van der Waals surface area contributed by atoms with Gasteiger partial charge < -0.3 is 14.8 Å². The van der Waals surface area contributed by atoms with Gasteiger partial charge in [0.1, 0.15) is 17.4 Å². The topological polar surface area (TPSA) is 87.0 Å². The van der Waals surface area contributed by atoms with E-state index in [0.717, 1.165) is 41.0 Å². The van der Waals surface area contributed by atoms with Gasteiger partial charge in [-0.25, -0.2) is 15.0 Å². The van der Waals surface area contributed by atoms with Crippen LogP contribution in [-0.4, -0.2) is 50.6 Å². The molecule has 0 aromatic carbocycles. The predicted octanol–water partition coefficient (Wildman–Crippen LogP) is 3.07. The first-order valence-corrected chi connectivity index (χ1v) is 9.33. The van der Waals surface area contributed by atoms with Gasteiger partial charge in [0.25, 0.3) is 0 Å². The number of aromatic nitrogens is 5. The van der Waals surface area contributed by atoms with E-state index in [1.54, 1.807) is 12.4 Å². The van der Waals surface area contributed by atoms with E-state index in [1.165, 1.54) is 6.33 Å². The minimum Gasteiger partial charge on any atom is -0.477 e. The third kappa shape index (κ3) is 3.44. The molecule has 1 fully saturated rings. The van der Waals surface area contributed by atoms with E-state index in [9.17, 15) is 0 Å². The van der Waals surface area contributed by atoms with Gasteiger partial charge in [0, 0.05) is 18.8 Å². The van der Waals surface area contributed by atoms with E-state index in [4.69, 9.17) is 14.5 Å². The van der Waals surface area contributed by atoms with E-state index in [0.29, 0.717) is 19.1 Å². The van der Waals surface area contributed by atoms with Crippen molar-refractivity contribution in [3.05, 3.63) is 24.8 Å². The molecule has 1 N–H and O–H groups in total. The summed E-state index contributed by atoms with van der Waals surface area (Å²) in [5.74, 6) is 0.533. The Morgan fingerprint density at radius 3 is 3.00 bits per heavy atom. The van der Waals surface area contributed by atoms with Crippen LogP contribution in [0, 0.1) is 0 Å². The molecule has 27 heavy (non-hydrogen) atoms. The molecule has 1 saturated heterocycles. The summed E-state index contributed by atoms with van der Waals surface area (Å²) in [4.78, 5) is 13.2. The second-order valence-corrected chi connectivity index (χ2v) is 6.85. The zero-order valence-electron chi connectivity index (χ0n) is 15.8. The maximum Gasteiger partial charge on any atom is 0.226 e. The van der Waals surface area contributed by atoms with Crippen molar-refractivity contribution in [2.45, 2.75) is 39.3 Å². The molecule has 0 aliphatic carbocycles. The van der Waals surface area contributed by atoms with Crippen LogP contribution in [0.15, 0.2) is 24.8 Å². The standard InChI is InChI=1S/C19H24N6O2/c1-4-27-19-14(8-20-11-21-19)15-7-16(23-13-5-6-26-10-13)18-17(24-15)9-22-25(18)12(2)3/h7-9,11-13H,4-6,10H2,1-3H3,(H,23,24)/t13-/m1/s1. The smallest absolute Gasteiger partial charge is 0.226 e. The molecule has 0 bridgehead atoms. The number of anilines is 1. The molecule has 8 nitrogen and oxygen atoms in total. The molecule has 3 aromatic rings. The fourth-order valence-corrected chi connectivity index (χ4v) is 3.32. The van der Waals surface area contributed by atoms with Crippen molar-refractivity contribution < 1.29 is 9.47 Å². The number of ether oxygens (including phenoxy) is 2. The van der Waals surface area contributed by atoms with Crippen molar-refractivity contribution in [1.29, 1.82) is 0 Å². The molecule has 142 valence electrons. The van der Waals surface area contributed by atoms with Crippen LogP contribution in [0.4, 0.5) is 5.69 Å². The van der Waals surface area contributed by atoms with Crippen molar-refractivity contribution in [3.8, 4) is 17.1 Å². The average Bonchev–Trinajstić information content (AvgIpc) is 3.32. The van der Waals surface area contributed by atoms with Crippen molar-refractivity contribution in [2.24, 2.45) is 0 Å². The molecule has 0 amide bonds. The number of rotatable bonds is 6. The molecule has 0 radical (unpaired) electrons. The highest BCUT2D eigenvalue weighted by Gasteiger charge is 2.21. The highest BCUT2D eigenvalue weighted by Crippen LogP contribution is 2.33. The van der Waals surface area contributed by atoms with Crippen LogP contribution < -0.4 is 10.1 Å². The SMILES string of the molecule is CCOc1ncncc1-c1cc(N[C@@H]2CCOC2)c2c(cnn2C(C)C)n1. The van der Waals surface area contributed by atoms with Gasteiger partial charge in [-0.3, -0.25) is 4.68 Å². The van der Waals surface area contributed by atoms with Crippen LogP contribution in [-0.2, 0) is 4.74 Å². The molecule has 0 saturated carbocycles. The Morgan fingerprint density at radius 2 is 2.26 bits per heavy atom. The summed E-state index contributed by atoms with van der Waals surface area (Å²) in [6.07, 6.45) is 6.01. The van der Waals surface area contributed by atoms with E-state index in [1.807, 2.05) is 17.7 Å². The van der Waals surface area contributed by atoms with Crippen LogP contribution in [0.3, 0.4) is 0 Å². The number of nitrogens with zero attached hydrogens (tertiary/aromatic N) is 5. The van der Waals surface area contributed by atoms with Crippen LogP contribution in [0.25, 0.3) is 22.3 Å². The number of fused-ring (bicyclic) bond motifs is 1. The first-order valence-electron chi connectivity index (χ1n) is 9.33. The summed E-state index contributed by atoms with van der Waals surface area (Å²) in [7, 11) is 0. The van der Waals surface area contributed by atoms with Crippen molar-refractivity contribution in [3.63, 3.8) is 0 Å². The van der Waals surface area contributed by atoms with Crippen molar-refractivity contribution in [2.75, 3.05) is 25.1 Å². The van der Waals surface area contributed by atoms with Gasteiger partial charge in [0.2, 0.25) is 5.88 Å². The van der Waals surface area contributed by atoms with Gasteiger partial charge in [0.15, 0.2) is 0 Å². The van der Waals surface area contributed by atoms with E-state index in [-0.39, 0.29) is 12.1 Å². The van der Waals surface area contributed by atoms with Crippen LogP contribution in [0.5, 0.6) is 5.88 Å². The number of nitrogens with one attached hydrogen (secondary N) is 1. The molecular formula is C19H24N6O2. The lowest BCUT2D eigenvalue weighted by atomic mass is 10.1. The van der Waals surface area contributed by atoms with E-state index >= 15 is 0 Å². The lowest BCUT2D eigenvalue weighted by molar-refractivity contribution is 0.195. The quantitative estimate of drug-likeness (QED) is 0.715. The van der Waals surface area contributed by atoms with Gasteiger partial charge in [-0.05, 0) is 33.3 Å². The van der Waals surface area contributed by atoms with E-state index in [2.05, 4.69) is 34.2 Å². The second kappa shape index (κ2) is 7.48. The first kappa shape index (κ1) is 17.7. The first-order chi connectivity index (χ1) is 13.2. The summed E-state index contributed by atoms with van der Waals surface area (Å²) < 4.78 is 13.2. The lowest BCUT2D eigenvalue weighted by Gasteiger charge is -2.17. The molecule has 1 atom stereocenters. The second-order valence-electron chi connectivity index (χ2n) is 6.85. The highest BCUT2D eigenvalue weighted by molar-refractivity contribution is 5.91. The summed E-state index contributed by atoms with van der Waals surface area (Å²) in [6, 6.07) is 2.54. The average molecular weight is 368 g/mol. The van der Waals surface area contributed by atoms with Gasteiger partial charge in [-0.1, -0.05) is 0 Å². The van der Waals surface area contributed by atoms with Gasteiger partial charge in [-0.15, -0.1) is 0 Å². The molecule has 0 spiro atoms. The summed E-state index contributed by atoms with van der Waals surface area (Å²) in [5.41, 5.74) is 4.34. The predicted molar refractivity (Wildman–Crippen MR) is 103 cm³/mol.